The van der Waals surface area contributed by atoms with Gasteiger partial charge in [0.25, 0.3) is 0 Å². The predicted molar refractivity (Wildman–Crippen MR) is 42.2 cm³/mol. The summed E-state index contributed by atoms with van der Waals surface area (Å²) in [4.78, 5) is 0. The van der Waals surface area contributed by atoms with Crippen LogP contribution in [-0.4, -0.2) is 25.9 Å². The standard InChI is InChI=1S/C8H18O2/c1-5-10-8(3)6-7(2)9-4/h7-8H,5-6H2,1-4H3/t7-,8?/m0/s1. The molecule has 2 heteroatoms. The molecule has 0 aliphatic carbocycles. The molecule has 0 spiro atoms. The van der Waals surface area contributed by atoms with Crippen molar-refractivity contribution in [2.45, 2.75) is 39.4 Å². The van der Waals surface area contributed by atoms with Crippen molar-refractivity contribution in [1.82, 2.24) is 0 Å². The van der Waals surface area contributed by atoms with Gasteiger partial charge in [-0.3, -0.25) is 0 Å². The van der Waals surface area contributed by atoms with Crippen LogP contribution in [0.4, 0.5) is 0 Å². The molecule has 62 valence electrons. The lowest BCUT2D eigenvalue weighted by molar-refractivity contribution is 0.0199. The maximum Gasteiger partial charge on any atom is 0.0571 e. The molecule has 0 aromatic carbocycles. The van der Waals surface area contributed by atoms with Gasteiger partial charge in [0.15, 0.2) is 0 Å². The summed E-state index contributed by atoms with van der Waals surface area (Å²) in [7, 11) is 1.73. The Labute approximate surface area is 63.5 Å². The van der Waals surface area contributed by atoms with E-state index in [1.807, 2.05) is 6.92 Å². The molecule has 0 fully saturated rings. The van der Waals surface area contributed by atoms with Crippen LogP contribution in [-0.2, 0) is 9.47 Å². The van der Waals surface area contributed by atoms with Gasteiger partial charge in [0.1, 0.15) is 0 Å². The van der Waals surface area contributed by atoms with Gasteiger partial charge < -0.3 is 9.47 Å². The van der Waals surface area contributed by atoms with Crippen LogP contribution in [0, 0.1) is 0 Å². The largest absolute Gasteiger partial charge is 0.382 e. The van der Waals surface area contributed by atoms with Crippen LogP contribution in [0.3, 0.4) is 0 Å². The first-order valence-electron chi connectivity index (χ1n) is 3.85. The fraction of sp³-hybridized carbons (Fsp3) is 1.00. The summed E-state index contributed by atoms with van der Waals surface area (Å²) in [6.07, 6.45) is 1.60. The van der Waals surface area contributed by atoms with E-state index in [1.54, 1.807) is 7.11 Å². The van der Waals surface area contributed by atoms with Crippen molar-refractivity contribution in [3.8, 4) is 0 Å². The first kappa shape index (κ1) is 9.92. The van der Waals surface area contributed by atoms with Crippen LogP contribution >= 0.6 is 0 Å². The number of hydrogen-bond acceptors (Lipinski definition) is 2. The second kappa shape index (κ2) is 5.69. The zero-order chi connectivity index (χ0) is 7.98. The normalized spacial score (nSPS) is 16.8. The highest BCUT2D eigenvalue weighted by Gasteiger charge is 2.06. The Balaban J connectivity index is 3.27. The number of methoxy groups -OCH3 is 1. The Kier molecular flexibility index (Phi) is 5.64. The van der Waals surface area contributed by atoms with Crippen LogP contribution in [0.1, 0.15) is 27.2 Å². The summed E-state index contributed by atoms with van der Waals surface area (Å²) in [6, 6.07) is 0. The van der Waals surface area contributed by atoms with Gasteiger partial charge in [-0.05, 0) is 27.2 Å². The maximum absolute atomic E-state index is 5.33. The summed E-state index contributed by atoms with van der Waals surface area (Å²) in [5, 5.41) is 0. The van der Waals surface area contributed by atoms with Gasteiger partial charge in [0.2, 0.25) is 0 Å². The average molecular weight is 146 g/mol. The molecule has 0 aliphatic heterocycles. The monoisotopic (exact) mass is 146 g/mol. The van der Waals surface area contributed by atoms with Gasteiger partial charge in [-0.2, -0.15) is 0 Å². The summed E-state index contributed by atoms with van der Waals surface area (Å²) in [5.74, 6) is 0. The molecule has 0 aliphatic rings. The molecule has 0 N–H and O–H groups in total. The molecule has 0 radical (unpaired) electrons. The molecule has 0 heterocycles. The highest BCUT2D eigenvalue weighted by molar-refractivity contribution is 4.56. The van der Waals surface area contributed by atoms with Crippen LogP contribution in [0.25, 0.3) is 0 Å². The zero-order valence-corrected chi connectivity index (χ0v) is 7.39. The molecule has 0 rings (SSSR count). The second-order valence-electron chi connectivity index (χ2n) is 2.55. The van der Waals surface area contributed by atoms with E-state index in [-0.39, 0.29) is 0 Å². The van der Waals surface area contributed by atoms with Crippen molar-refractivity contribution >= 4 is 0 Å². The average Bonchev–Trinajstić information content (AvgIpc) is 1.88. The lowest BCUT2D eigenvalue weighted by Crippen LogP contribution is -2.16. The van der Waals surface area contributed by atoms with E-state index in [4.69, 9.17) is 9.47 Å². The third-order valence-corrected chi connectivity index (χ3v) is 1.52. The van der Waals surface area contributed by atoms with E-state index in [2.05, 4.69) is 13.8 Å². The Morgan fingerprint density at radius 1 is 1.20 bits per heavy atom. The molecule has 0 bridgehead atoms. The Morgan fingerprint density at radius 2 is 1.80 bits per heavy atom. The lowest BCUT2D eigenvalue weighted by atomic mass is 10.2. The van der Waals surface area contributed by atoms with E-state index in [0.717, 1.165) is 13.0 Å². The summed E-state index contributed by atoms with van der Waals surface area (Å²) in [6.45, 7) is 6.92. The van der Waals surface area contributed by atoms with E-state index in [1.165, 1.54) is 0 Å². The molecule has 2 atom stereocenters. The van der Waals surface area contributed by atoms with E-state index in [9.17, 15) is 0 Å². The molecule has 0 amide bonds. The maximum atomic E-state index is 5.33. The number of hydrogen-bond donors (Lipinski definition) is 0. The van der Waals surface area contributed by atoms with Crippen molar-refractivity contribution in [2.75, 3.05) is 13.7 Å². The second-order valence-corrected chi connectivity index (χ2v) is 2.55. The van der Waals surface area contributed by atoms with Crippen LogP contribution in [0.15, 0.2) is 0 Å². The molecule has 0 aromatic rings. The zero-order valence-electron chi connectivity index (χ0n) is 7.39. The third kappa shape index (κ3) is 4.77. The van der Waals surface area contributed by atoms with Gasteiger partial charge in [-0.1, -0.05) is 0 Å². The Morgan fingerprint density at radius 3 is 2.20 bits per heavy atom. The molecule has 1 unspecified atom stereocenters. The SMILES string of the molecule is CCOC(C)C[C@H](C)OC. The Bertz CT molecular complexity index is 73.7. The number of ether oxygens (including phenoxy) is 2. The smallest absolute Gasteiger partial charge is 0.0571 e. The highest BCUT2D eigenvalue weighted by Crippen LogP contribution is 2.03. The van der Waals surface area contributed by atoms with Gasteiger partial charge in [-0.25, -0.2) is 0 Å². The fourth-order valence-corrected chi connectivity index (χ4v) is 0.916. The molecule has 0 saturated heterocycles. The minimum Gasteiger partial charge on any atom is -0.382 e. The first-order chi connectivity index (χ1) is 4.70. The summed E-state index contributed by atoms with van der Waals surface area (Å²) >= 11 is 0. The lowest BCUT2D eigenvalue weighted by Gasteiger charge is -2.15. The quantitative estimate of drug-likeness (QED) is 0.589. The molecule has 0 saturated carbocycles. The minimum atomic E-state index is 0.307. The number of rotatable bonds is 5. The third-order valence-electron chi connectivity index (χ3n) is 1.52. The minimum absolute atomic E-state index is 0.307. The van der Waals surface area contributed by atoms with E-state index in [0.29, 0.717) is 12.2 Å². The van der Waals surface area contributed by atoms with Crippen molar-refractivity contribution in [3.63, 3.8) is 0 Å². The van der Waals surface area contributed by atoms with Crippen molar-refractivity contribution in [2.24, 2.45) is 0 Å². The molecular weight excluding hydrogens is 128 g/mol. The van der Waals surface area contributed by atoms with Gasteiger partial charge in [-0.15, -0.1) is 0 Å². The predicted octanol–water partition coefficient (Wildman–Crippen LogP) is 1.84. The van der Waals surface area contributed by atoms with Gasteiger partial charge in [0.05, 0.1) is 12.2 Å². The van der Waals surface area contributed by atoms with Crippen LogP contribution in [0.2, 0.25) is 0 Å². The van der Waals surface area contributed by atoms with Gasteiger partial charge in [0, 0.05) is 13.7 Å². The van der Waals surface area contributed by atoms with Crippen molar-refractivity contribution in [3.05, 3.63) is 0 Å². The van der Waals surface area contributed by atoms with Crippen molar-refractivity contribution in [1.29, 1.82) is 0 Å². The molecule has 10 heavy (non-hydrogen) atoms. The van der Waals surface area contributed by atoms with E-state index >= 15 is 0 Å². The molecule has 0 aromatic heterocycles. The van der Waals surface area contributed by atoms with Crippen molar-refractivity contribution < 1.29 is 9.47 Å². The topological polar surface area (TPSA) is 18.5 Å². The fourth-order valence-electron chi connectivity index (χ4n) is 0.916. The first-order valence-corrected chi connectivity index (χ1v) is 3.85. The summed E-state index contributed by atoms with van der Waals surface area (Å²) in [5.41, 5.74) is 0. The molecular formula is C8H18O2. The van der Waals surface area contributed by atoms with Crippen LogP contribution in [0.5, 0.6) is 0 Å². The van der Waals surface area contributed by atoms with Crippen LogP contribution < -0.4 is 0 Å². The summed E-state index contributed by atoms with van der Waals surface area (Å²) < 4.78 is 10.4. The van der Waals surface area contributed by atoms with Gasteiger partial charge >= 0.3 is 0 Å². The highest BCUT2D eigenvalue weighted by atomic mass is 16.5. The van der Waals surface area contributed by atoms with E-state index < -0.39 is 0 Å². The Hall–Kier alpha value is -0.0800. The molecule has 2 nitrogen and oxygen atoms in total.